The summed E-state index contributed by atoms with van der Waals surface area (Å²) in [5.74, 6) is 1.14. The number of piperidine rings is 3. The fourth-order valence-corrected chi connectivity index (χ4v) is 2.98. The minimum Gasteiger partial charge on any atom is -0.466 e. The van der Waals surface area contributed by atoms with Crippen LogP contribution in [-0.4, -0.2) is 29.6 Å². The molecule has 15 heavy (non-hydrogen) atoms. The molecule has 3 aliphatic rings. The van der Waals surface area contributed by atoms with Gasteiger partial charge in [-0.05, 0) is 50.4 Å². The minimum absolute atomic E-state index is 0.382. The molecule has 0 aliphatic carbocycles. The predicted molar refractivity (Wildman–Crippen MR) is 56.5 cm³/mol. The van der Waals surface area contributed by atoms with E-state index in [1.807, 2.05) is 13.0 Å². The van der Waals surface area contributed by atoms with Crippen molar-refractivity contribution in [3.8, 4) is 0 Å². The fraction of sp³-hybridized carbons (Fsp3) is 0.667. The van der Waals surface area contributed by atoms with Crippen LogP contribution in [-0.2, 0) is 5.60 Å². The zero-order chi connectivity index (χ0) is 10.5. The molecule has 3 aliphatic heterocycles. The van der Waals surface area contributed by atoms with Crippen LogP contribution < -0.4 is 0 Å². The topological polar surface area (TPSA) is 36.6 Å². The van der Waals surface area contributed by atoms with Crippen LogP contribution in [0.5, 0.6) is 0 Å². The second kappa shape index (κ2) is 3.09. The van der Waals surface area contributed by atoms with Crippen LogP contribution in [0.3, 0.4) is 0 Å². The summed E-state index contributed by atoms with van der Waals surface area (Å²) in [6.07, 6.45) is 3.91. The highest BCUT2D eigenvalue weighted by Gasteiger charge is 2.48. The van der Waals surface area contributed by atoms with Crippen LogP contribution in [0, 0.1) is 12.8 Å². The predicted octanol–water partition coefficient (Wildman–Crippen LogP) is 1.50. The van der Waals surface area contributed by atoms with E-state index in [1.54, 1.807) is 6.26 Å². The van der Waals surface area contributed by atoms with Crippen LogP contribution in [0.1, 0.15) is 24.2 Å². The molecule has 0 saturated carbocycles. The molecule has 4 heterocycles. The average Bonchev–Trinajstić information content (AvgIpc) is 2.67. The van der Waals surface area contributed by atoms with E-state index >= 15 is 0 Å². The van der Waals surface area contributed by atoms with Gasteiger partial charge in [0.2, 0.25) is 0 Å². The van der Waals surface area contributed by atoms with Crippen molar-refractivity contribution in [1.29, 1.82) is 0 Å². The lowest BCUT2D eigenvalue weighted by Gasteiger charge is -2.49. The summed E-state index contributed by atoms with van der Waals surface area (Å²) in [5.41, 5.74) is 0.361. The maximum absolute atomic E-state index is 10.7. The average molecular weight is 207 g/mol. The van der Waals surface area contributed by atoms with Crippen LogP contribution in [0.15, 0.2) is 16.7 Å². The highest BCUT2D eigenvalue weighted by molar-refractivity contribution is 5.20. The van der Waals surface area contributed by atoms with Crippen molar-refractivity contribution < 1.29 is 9.52 Å². The Kier molecular flexibility index (Phi) is 1.94. The normalized spacial score (nSPS) is 39.6. The molecule has 1 N–H and O–H groups in total. The summed E-state index contributed by atoms with van der Waals surface area (Å²) in [6.45, 7) is 5.00. The quantitative estimate of drug-likeness (QED) is 0.758. The Bertz CT molecular complexity index is 365. The van der Waals surface area contributed by atoms with Crippen LogP contribution in [0.2, 0.25) is 0 Å². The minimum atomic E-state index is -0.731. The van der Waals surface area contributed by atoms with Crippen LogP contribution in [0.4, 0.5) is 0 Å². The number of nitrogens with zero attached hydrogens (tertiary/aromatic N) is 1. The standard InChI is InChI=1S/C12H17NO2/c1-9-6-11(15-7-9)12(14)8-13-4-2-10(12)3-5-13/h6-7,10,14H,2-5,8H2,1H3. The van der Waals surface area contributed by atoms with E-state index in [0.29, 0.717) is 5.92 Å². The molecule has 2 bridgehead atoms. The zero-order valence-corrected chi connectivity index (χ0v) is 9.07. The van der Waals surface area contributed by atoms with Crippen molar-refractivity contribution in [1.82, 2.24) is 4.90 Å². The molecule has 3 fully saturated rings. The third-order valence-electron chi connectivity index (χ3n) is 3.88. The van der Waals surface area contributed by atoms with Gasteiger partial charge in [-0.1, -0.05) is 0 Å². The van der Waals surface area contributed by atoms with Gasteiger partial charge in [-0.25, -0.2) is 0 Å². The molecular formula is C12H17NO2. The number of aryl methyl sites for hydroxylation is 1. The van der Waals surface area contributed by atoms with Gasteiger partial charge in [0.1, 0.15) is 11.4 Å². The summed E-state index contributed by atoms with van der Waals surface area (Å²) >= 11 is 0. The molecule has 1 atom stereocenters. The first-order valence-corrected chi connectivity index (χ1v) is 5.69. The van der Waals surface area contributed by atoms with E-state index in [2.05, 4.69) is 4.90 Å². The lowest BCUT2D eigenvalue weighted by molar-refractivity contribution is -0.129. The maximum atomic E-state index is 10.7. The monoisotopic (exact) mass is 207 g/mol. The van der Waals surface area contributed by atoms with Gasteiger partial charge < -0.3 is 9.52 Å². The number of fused-ring (bicyclic) bond motifs is 3. The highest BCUT2D eigenvalue weighted by atomic mass is 16.4. The summed E-state index contributed by atoms with van der Waals surface area (Å²) < 4.78 is 5.48. The first-order valence-electron chi connectivity index (χ1n) is 5.69. The summed E-state index contributed by atoms with van der Waals surface area (Å²) in [5, 5.41) is 10.7. The third kappa shape index (κ3) is 1.34. The van der Waals surface area contributed by atoms with Gasteiger partial charge in [0, 0.05) is 6.54 Å². The number of rotatable bonds is 1. The van der Waals surface area contributed by atoms with E-state index in [-0.39, 0.29) is 0 Å². The number of furan rings is 1. The number of aliphatic hydroxyl groups is 1. The van der Waals surface area contributed by atoms with Crippen molar-refractivity contribution in [3.05, 3.63) is 23.7 Å². The Morgan fingerprint density at radius 3 is 2.67 bits per heavy atom. The molecule has 3 saturated heterocycles. The van der Waals surface area contributed by atoms with Crippen molar-refractivity contribution in [3.63, 3.8) is 0 Å². The summed E-state index contributed by atoms with van der Waals surface area (Å²) in [4.78, 5) is 2.33. The van der Waals surface area contributed by atoms with Gasteiger partial charge in [0.05, 0.1) is 6.26 Å². The molecule has 1 aromatic heterocycles. The van der Waals surface area contributed by atoms with Crippen LogP contribution >= 0.6 is 0 Å². The molecule has 0 aromatic carbocycles. The van der Waals surface area contributed by atoms with Crippen molar-refractivity contribution in [2.45, 2.75) is 25.4 Å². The third-order valence-corrected chi connectivity index (χ3v) is 3.88. The number of hydrogen-bond donors (Lipinski definition) is 1. The van der Waals surface area contributed by atoms with Crippen molar-refractivity contribution >= 4 is 0 Å². The second-order valence-electron chi connectivity index (χ2n) is 4.96. The fourth-order valence-electron chi connectivity index (χ4n) is 2.98. The first kappa shape index (κ1) is 9.43. The van der Waals surface area contributed by atoms with Crippen molar-refractivity contribution in [2.24, 2.45) is 5.92 Å². The van der Waals surface area contributed by atoms with Gasteiger partial charge in [-0.3, -0.25) is 4.90 Å². The molecule has 1 unspecified atom stereocenters. The van der Waals surface area contributed by atoms with E-state index in [9.17, 15) is 5.11 Å². The van der Waals surface area contributed by atoms with Gasteiger partial charge in [0.25, 0.3) is 0 Å². The molecule has 82 valence electrons. The molecule has 0 spiro atoms. The summed E-state index contributed by atoms with van der Waals surface area (Å²) in [7, 11) is 0. The molecule has 3 heteroatoms. The van der Waals surface area contributed by atoms with Gasteiger partial charge in [-0.2, -0.15) is 0 Å². The Balaban J connectivity index is 1.96. The molecule has 1 aromatic rings. The largest absolute Gasteiger partial charge is 0.466 e. The van der Waals surface area contributed by atoms with Gasteiger partial charge >= 0.3 is 0 Å². The Morgan fingerprint density at radius 2 is 2.20 bits per heavy atom. The molecule has 0 radical (unpaired) electrons. The van der Waals surface area contributed by atoms with E-state index < -0.39 is 5.60 Å². The smallest absolute Gasteiger partial charge is 0.137 e. The van der Waals surface area contributed by atoms with Gasteiger partial charge in [-0.15, -0.1) is 0 Å². The van der Waals surface area contributed by atoms with Gasteiger partial charge in [0.15, 0.2) is 0 Å². The SMILES string of the molecule is Cc1coc(C2(O)CN3CCC2CC3)c1. The Hall–Kier alpha value is -0.800. The zero-order valence-electron chi connectivity index (χ0n) is 9.07. The summed E-state index contributed by atoms with van der Waals surface area (Å²) in [6, 6.07) is 1.97. The Morgan fingerprint density at radius 1 is 1.47 bits per heavy atom. The highest BCUT2D eigenvalue weighted by Crippen LogP contribution is 2.42. The maximum Gasteiger partial charge on any atom is 0.137 e. The Labute approximate surface area is 89.7 Å². The van der Waals surface area contributed by atoms with E-state index in [1.165, 1.54) is 0 Å². The lowest BCUT2D eigenvalue weighted by Crippen LogP contribution is -2.56. The molecule has 4 rings (SSSR count). The number of hydrogen-bond acceptors (Lipinski definition) is 3. The van der Waals surface area contributed by atoms with E-state index in [4.69, 9.17) is 4.42 Å². The lowest BCUT2D eigenvalue weighted by atomic mass is 9.74. The van der Waals surface area contributed by atoms with Crippen LogP contribution in [0.25, 0.3) is 0 Å². The second-order valence-corrected chi connectivity index (χ2v) is 4.96. The van der Waals surface area contributed by atoms with Crippen molar-refractivity contribution in [2.75, 3.05) is 19.6 Å². The van der Waals surface area contributed by atoms with E-state index in [0.717, 1.165) is 43.8 Å². The molecule has 3 nitrogen and oxygen atoms in total. The molecular weight excluding hydrogens is 190 g/mol. The molecule has 0 amide bonds. The first-order chi connectivity index (χ1) is 7.18.